The number of amides is 1. The Hall–Kier alpha value is -1.54. The van der Waals surface area contributed by atoms with Gasteiger partial charge >= 0.3 is 6.09 Å². The van der Waals surface area contributed by atoms with E-state index in [2.05, 4.69) is 20.9 Å². The van der Waals surface area contributed by atoms with Crippen LogP contribution in [0.5, 0.6) is 0 Å². The Morgan fingerprint density at radius 2 is 2.16 bits per heavy atom. The maximum Gasteiger partial charge on any atom is 0.410 e. The molecule has 1 amide bonds. The number of rotatable bonds is 5. The van der Waals surface area contributed by atoms with E-state index in [0.717, 1.165) is 0 Å². The molecule has 1 N–H and O–H groups in total. The van der Waals surface area contributed by atoms with Crippen LogP contribution in [0.15, 0.2) is 27.7 Å². The predicted octanol–water partition coefficient (Wildman–Crippen LogP) is 4.62. The Morgan fingerprint density at radius 1 is 1.44 bits per heavy atom. The summed E-state index contributed by atoms with van der Waals surface area (Å²) in [4.78, 5) is 31.4. The first-order chi connectivity index (χ1) is 15.0. The normalized spacial score (nSPS) is 20.5. The molecule has 1 aliphatic rings. The lowest BCUT2D eigenvalue weighted by atomic mass is 9.96. The van der Waals surface area contributed by atoms with E-state index in [1.54, 1.807) is 31.7 Å². The van der Waals surface area contributed by atoms with Crippen molar-refractivity contribution in [1.29, 1.82) is 0 Å². The molecule has 0 unspecified atom stereocenters. The van der Waals surface area contributed by atoms with Crippen LogP contribution in [0.25, 0.3) is 10.9 Å². The summed E-state index contributed by atoms with van der Waals surface area (Å²) < 4.78 is 19.2. The van der Waals surface area contributed by atoms with E-state index < -0.39 is 23.8 Å². The third kappa shape index (κ3) is 5.87. The first-order valence-corrected chi connectivity index (χ1v) is 12.4. The molecule has 174 valence electrons. The van der Waals surface area contributed by atoms with Gasteiger partial charge in [-0.2, -0.15) is 0 Å². The van der Waals surface area contributed by atoms with Gasteiger partial charge in [0, 0.05) is 11.0 Å². The van der Waals surface area contributed by atoms with Crippen LogP contribution in [0.3, 0.4) is 0 Å². The number of nitrogens with zero attached hydrogens (tertiary/aromatic N) is 3. The third-order valence-corrected chi connectivity index (χ3v) is 7.36. The van der Waals surface area contributed by atoms with Crippen LogP contribution in [0, 0.1) is 0 Å². The summed E-state index contributed by atoms with van der Waals surface area (Å²) in [6.07, 6.45) is 1.46. The van der Waals surface area contributed by atoms with Gasteiger partial charge in [0.25, 0.3) is 5.56 Å². The van der Waals surface area contributed by atoms with Crippen molar-refractivity contribution in [2.45, 2.75) is 70.0 Å². The fraction of sp³-hybridized carbons (Fsp3) is 0.571. The molecule has 0 aliphatic carbocycles. The lowest BCUT2D eigenvalue weighted by Crippen LogP contribution is -2.52. The summed E-state index contributed by atoms with van der Waals surface area (Å²) in [5.74, 6) is 0. The highest BCUT2D eigenvalue weighted by atomic mass is 79.9. The molecule has 8 nitrogen and oxygen atoms in total. The Balaban J connectivity index is 1.80. The third-order valence-electron chi connectivity index (χ3n) is 5.29. The molecular formula is C21H26BrClN3O5P. The number of piperidine rings is 1. The van der Waals surface area contributed by atoms with Gasteiger partial charge in [-0.05, 0) is 68.1 Å². The second-order valence-electron chi connectivity index (χ2n) is 8.93. The van der Waals surface area contributed by atoms with E-state index >= 15 is 0 Å². The molecule has 1 fully saturated rings. The number of ether oxygens (including phenoxy) is 1. The van der Waals surface area contributed by atoms with E-state index in [1.807, 2.05) is 0 Å². The number of aliphatic hydroxyl groups excluding tert-OH is 1. The van der Waals surface area contributed by atoms with Crippen LogP contribution < -0.4 is 5.56 Å². The van der Waals surface area contributed by atoms with Crippen LogP contribution in [0.1, 0.15) is 40.0 Å². The average molecular weight is 547 g/mol. The van der Waals surface area contributed by atoms with Crippen molar-refractivity contribution >= 4 is 53.0 Å². The Bertz CT molecular complexity index is 1070. The van der Waals surface area contributed by atoms with Gasteiger partial charge in [-0.15, -0.1) is 0 Å². The lowest BCUT2D eigenvalue weighted by molar-refractivity contribution is 0.00240. The Labute approximate surface area is 201 Å². The number of fused-ring (bicyclic) bond motifs is 1. The minimum atomic E-state index is -0.963. The van der Waals surface area contributed by atoms with Crippen molar-refractivity contribution in [1.82, 2.24) is 14.5 Å². The molecule has 0 radical (unpaired) electrons. The van der Waals surface area contributed by atoms with Gasteiger partial charge in [0.1, 0.15) is 5.60 Å². The van der Waals surface area contributed by atoms with Crippen LogP contribution in [-0.2, 0) is 15.8 Å². The highest BCUT2D eigenvalue weighted by Crippen LogP contribution is 2.31. The quantitative estimate of drug-likeness (QED) is 0.549. The number of carbonyl (C=O) groups is 1. The molecule has 3 rings (SSSR count). The minimum Gasteiger partial charge on any atom is -0.444 e. The van der Waals surface area contributed by atoms with Gasteiger partial charge < -0.3 is 14.7 Å². The van der Waals surface area contributed by atoms with E-state index in [0.29, 0.717) is 39.8 Å². The summed E-state index contributed by atoms with van der Waals surface area (Å²) in [5.41, 5.74) is -0.809. The standard InChI is InChI=1S/C21H26BrClN3O5P/c1-21(2,3)31-20(29)26-6-4-5-18(32-30)17(26)7-12(27)10-25-11-24-16-9-14(22)15(23)8-13(16)19(25)28/h8-9,11-12,17-18,27H,4-7,10H2,1-3H3/t12-,17+,18-/m0/s1. The van der Waals surface area contributed by atoms with Crippen molar-refractivity contribution in [3.05, 3.63) is 38.3 Å². The average Bonchev–Trinajstić information content (AvgIpc) is 2.70. The van der Waals surface area contributed by atoms with E-state index in [1.165, 1.54) is 17.0 Å². The van der Waals surface area contributed by atoms with Crippen LogP contribution in [0.4, 0.5) is 4.79 Å². The zero-order valence-corrected chi connectivity index (χ0v) is 21.4. The van der Waals surface area contributed by atoms with Gasteiger partial charge in [-0.25, -0.2) is 9.78 Å². The predicted molar refractivity (Wildman–Crippen MR) is 127 cm³/mol. The van der Waals surface area contributed by atoms with Crippen molar-refractivity contribution in [2.24, 2.45) is 0 Å². The molecule has 1 aromatic carbocycles. The number of carbonyl (C=O) groups excluding carboxylic acids is 1. The molecule has 0 spiro atoms. The number of halogens is 2. The van der Waals surface area contributed by atoms with Crippen LogP contribution in [-0.4, -0.2) is 55.6 Å². The van der Waals surface area contributed by atoms with Gasteiger partial charge in [0.05, 0.1) is 46.6 Å². The molecule has 1 saturated heterocycles. The molecule has 0 bridgehead atoms. The molecule has 3 atom stereocenters. The highest BCUT2D eigenvalue weighted by molar-refractivity contribution is 9.10. The van der Waals surface area contributed by atoms with Crippen molar-refractivity contribution in [2.75, 3.05) is 6.54 Å². The Morgan fingerprint density at radius 3 is 2.81 bits per heavy atom. The fourth-order valence-corrected chi connectivity index (χ4v) is 5.06. The fourth-order valence-electron chi connectivity index (χ4n) is 3.86. The molecule has 1 aliphatic heterocycles. The molecule has 0 saturated carbocycles. The van der Waals surface area contributed by atoms with Gasteiger partial charge in [-0.3, -0.25) is 13.9 Å². The van der Waals surface area contributed by atoms with E-state index in [4.69, 9.17) is 16.3 Å². The van der Waals surface area contributed by atoms with Gasteiger partial charge in [-0.1, -0.05) is 11.6 Å². The summed E-state index contributed by atoms with van der Waals surface area (Å²) in [7, 11) is -0.0842. The minimum absolute atomic E-state index is 0.0173. The topological polar surface area (TPSA) is 102 Å². The molecule has 1 aromatic heterocycles. The second-order valence-corrected chi connectivity index (χ2v) is 11.1. The number of hydrogen-bond acceptors (Lipinski definition) is 6. The molecule has 11 heteroatoms. The zero-order valence-electron chi connectivity index (χ0n) is 18.1. The molecule has 2 aromatic rings. The van der Waals surface area contributed by atoms with Crippen molar-refractivity contribution < 1.29 is 19.2 Å². The van der Waals surface area contributed by atoms with Crippen molar-refractivity contribution in [3.63, 3.8) is 0 Å². The summed E-state index contributed by atoms with van der Waals surface area (Å²) in [6.45, 7) is 5.80. The lowest BCUT2D eigenvalue weighted by Gasteiger charge is -2.40. The van der Waals surface area contributed by atoms with Gasteiger partial charge in [0.2, 0.25) is 0 Å². The maximum atomic E-state index is 12.9. The maximum absolute atomic E-state index is 12.9. The van der Waals surface area contributed by atoms with Crippen molar-refractivity contribution in [3.8, 4) is 0 Å². The summed E-state index contributed by atoms with van der Waals surface area (Å²) >= 11 is 9.43. The van der Waals surface area contributed by atoms with E-state index in [-0.39, 0.29) is 32.6 Å². The number of hydrogen-bond donors (Lipinski definition) is 1. The largest absolute Gasteiger partial charge is 0.444 e. The summed E-state index contributed by atoms with van der Waals surface area (Å²) in [5, 5.41) is 11.5. The smallest absolute Gasteiger partial charge is 0.410 e. The first kappa shape index (κ1) is 25.1. The molecule has 2 heterocycles. The van der Waals surface area contributed by atoms with E-state index in [9.17, 15) is 19.3 Å². The first-order valence-electron chi connectivity index (χ1n) is 10.3. The SMILES string of the molecule is CC(C)(C)OC(=O)N1CCC[C@H](P=O)[C@H]1C[C@H](O)Cn1cnc2cc(Br)c(Cl)cc2c1=O. The summed E-state index contributed by atoms with van der Waals surface area (Å²) in [6, 6.07) is 2.73. The Kier molecular flexibility index (Phi) is 7.97. The van der Waals surface area contributed by atoms with Gasteiger partial charge in [0.15, 0.2) is 8.46 Å². The zero-order chi connectivity index (χ0) is 23.6. The highest BCUT2D eigenvalue weighted by Gasteiger charge is 2.38. The second kappa shape index (κ2) is 10.2. The molecule has 32 heavy (non-hydrogen) atoms. The van der Waals surface area contributed by atoms with Crippen LogP contribution in [0.2, 0.25) is 5.02 Å². The van der Waals surface area contributed by atoms with Crippen LogP contribution >= 0.6 is 36.0 Å². The number of likely N-dealkylation sites (tertiary alicyclic amines) is 1. The number of benzene rings is 1. The monoisotopic (exact) mass is 545 g/mol. The number of aromatic nitrogens is 2. The number of aliphatic hydroxyl groups is 1. The molecular weight excluding hydrogens is 521 g/mol.